The van der Waals surface area contributed by atoms with Gasteiger partial charge in [0.25, 0.3) is 0 Å². The van der Waals surface area contributed by atoms with Crippen LogP contribution in [-0.4, -0.2) is 47.4 Å². The standard InChI is InChI=1S/C78H147NO5/c1-3-5-7-9-11-13-15-17-43-47-50-54-58-62-66-70-76(81)75(74-80)79-77(82)71-67-63-59-55-51-48-44-41-39-37-35-33-31-29-27-25-23-21-19-18-20-22-24-26-28-30-32-34-36-38-40-42-45-49-53-57-61-65-69-73-84-78(83)72-68-64-60-56-52-46-16-14-12-10-8-6-4-2/h8,10,14,16,18-19,66,70,75-76,80-81H,3-7,9,11-13,15,17,20-65,67-69,71-74H2,1-2H3,(H,79,82)/b10-8-,16-14-,19-18-,70-66+. The molecule has 0 saturated carbocycles. The zero-order valence-electron chi connectivity index (χ0n) is 56.6. The molecule has 2 atom stereocenters. The van der Waals surface area contributed by atoms with E-state index in [4.69, 9.17) is 4.74 Å². The summed E-state index contributed by atoms with van der Waals surface area (Å²) in [6, 6.07) is -0.625. The highest BCUT2D eigenvalue weighted by Gasteiger charge is 2.18. The van der Waals surface area contributed by atoms with E-state index in [0.29, 0.717) is 19.4 Å². The molecule has 0 spiro atoms. The molecule has 0 aromatic carbocycles. The molecule has 6 nitrogen and oxygen atoms in total. The molecule has 0 aromatic rings. The molecule has 0 heterocycles. The molecular formula is C78H147NO5. The van der Waals surface area contributed by atoms with Crippen LogP contribution in [-0.2, 0) is 14.3 Å². The van der Waals surface area contributed by atoms with Gasteiger partial charge < -0.3 is 20.3 Å². The summed E-state index contributed by atoms with van der Waals surface area (Å²) in [5.74, 6) is -0.0544. The number of allylic oxidation sites excluding steroid dienone is 7. The number of carbonyl (C=O) groups is 2. The summed E-state index contributed by atoms with van der Waals surface area (Å²) < 4.78 is 5.48. The Bertz CT molecular complexity index is 1400. The number of esters is 1. The second-order valence-electron chi connectivity index (χ2n) is 26.0. The largest absolute Gasteiger partial charge is 0.466 e. The molecule has 494 valence electrons. The molecule has 0 bridgehead atoms. The first-order chi connectivity index (χ1) is 41.5. The molecule has 6 heteroatoms. The fraction of sp³-hybridized carbons (Fsp3) is 0.872. The number of carbonyl (C=O) groups excluding carboxylic acids is 2. The average Bonchev–Trinajstić information content (AvgIpc) is 3.53. The van der Waals surface area contributed by atoms with Gasteiger partial charge in [0, 0.05) is 12.8 Å². The third kappa shape index (κ3) is 68.9. The summed E-state index contributed by atoms with van der Waals surface area (Å²) in [5, 5.41) is 23.2. The zero-order chi connectivity index (χ0) is 60.6. The molecule has 0 saturated heterocycles. The summed E-state index contributed by atoms with van der Waals surface area (Å²) in [7, 11) is 0. The second-order valence-corrected chi connectivity index (χ2v) is 26.0. The van der Waals surface area contributed by atoms with E-state index in [1.807, 2.05) is 6.08 Å². The average molecular weight is 1180 g/mol. The molecule has 0 aliphatic carbocycles. The number of hydrogen-bond acceptors (Lipinski definition) is 5. The lowest BCUT2D eigenvalue weighted by Crippen LogP contribution is -2.45. The van der Waals surface area contributed by atoms with Gasteiger partial charge in [0.2, 0.25) is 5.91 Å². The highest BCUT2D eigenvalue weighted by Crippen LogP contribution is 2.19. The summed E-state index contributed by atoms with van der Waals surface area (Å²) in [4.78, 5) is 24.5. The van der Waals surface area contributed by atoms with Crippen molar-refractivity contribution in [3.8, 4) is 0 Å². The summed E-state index contributed by atoms with van der Waals surface area (Å²) >= 11 is 0. The van der Waals surface area contributed by atoms with Crippen molar-refractivity contribution in [2.75, 3.05) is 13.2 Å². The SMILES string of the molecule is CCC/C=C\C/C=C\CCCCCCCC(=O)OCCCCCCCCCCCCCCCCCCCC/C=C\CCCCCCCCCCCCCCCCCCCC(=O)NC(CO)C(O)/C=C/CCCCCCCCCCCCCCC. The Hall–Kier alpha value is -2.18. The van der Waals surface area contributed by atoms with Gasteiger partial charge in [-0.05, 0) is 83.5 Å². The van der Waals surface area contributed by atoms with Crippen LogP contribution in [0.3, 0.4) is 0 Å². The van der Waals surface area contributed by atoms with Crippen LogP contribution in [0, 0.1) is 0 Å². The first-order valence-corrected chi connectivity index (χ1v) is 37.9. The molecule has 0 fully saturated rings. The summed E-state index contributed by atoms with van der Waals surface area (Å²) in [5.41, 5.74) is 0. The molecule has 0 aliphatic heterocycles. The minimum absolute atomic E-state index is 0.00697. The fourth-order valence-corrected chi connectivity index (χ4v) is 11.8. The van der Waals surface area contributed by atoms with Crippen molar-refractivity contribution in [1.82, 2.24) is 5.32 Å². The number of ether oxygens (including phenoxy) is 1. The first kappa shape index (κ1) is 81.8. The maximum absolute atomic E-state index is 12.5. The van der Waals surface area contributed by atoms with Crippen molar-refractivity contribution < 1.29 is 24.5 Å². The van der Waals surface area contributed by atoms with Gasteiger partial charge in [0.1, 0.15) is 0 Å². The Morgan fingerprint density at radius 2 is 0.619 bits per heavy atom. The van der Waals surface area contributed by atoms with Crippen LogP contribution < -0.4 is 5.32 Å². The maximum Gasteiger partial charge on any atom is 0.305 e. The fourth-order valence-electron chi connectivity index (χ4n) is 11.8. The predicted molar refractivity (Wildman–Crippen MR) is 370 cm³/mol. The van der Waals surface area contributed by atoms with Gasteiger partial charge in [-0.3, -0.25) is 9.59 Å². The van der Waals surface area contributed by atoms with Crippen molar-refractivity contribution in [1.29, 1.82) is 0 Å². The molecule has 0 rings (SSSR count). The number of aliphatic hydroxyl groups is 2. The highest BCUT2D eigenvalue weighted by molar-refractivity contribution is 5.76. The van der Waals surface area contributed by atoms with Gasteiger partial charge in [-0.1, -0.05) is 364 Å². The van der Waals surface area contributed by atoms with Crippen molar-refractivity contribution >= 4 is 11.9 Å². The van der Waals surface area contributed by atoms with Crippen LogP contribution in [0.25, 0.3) is 0 Å². The monoisotopic (exact) mass is 1180 g/mol. The van der Waals surface area contributed by atoms with E-state index in [-0.39, 0.29) is 18.5 Å². The van der Waals surface area contributed by atoms with Crippen molar-refractivity contribution in [2.24, 2.45) is 0 Å². The Balaban J connectivity index is 3.33. The van der Waals surface area contributed by atoms with E-state index in [9.17, 15) is 19.8 Å². The quantitative estimate of drug-likeness (QED) is 0.0320. The van der Waals surface area contributed by atoms with Gasteiger partial charge in [-0.15, -0.1) is 0 Å². The van der Waals surface area contributed by atoms with Gasteiger partial charge in [-0.2, -0.15) is 0 Å². The third-order valence-electron chi connectivity index (χ3n) is 17.5. The van der Waals surface area contributed by atoms with Gasteiger partial charge >= 0.3 is 5.97 Å². The highest BCUT2D eigenvalue weighted by atomic mass is 16.5. The van der Waals surface area contributed by atoms with Crippen molar-refractivity contribution in [3.63, 3.8) is 0 Å². The van der Waals surface area contributed by atoms with Crippen molar-refractivity contribution in [3.05, 3.63) is 48.6 Å². The zero-order valence-corrected chi connectivity index (χ0v) is 56.6. The van der Waals surface area contributed by atoms with Gasteiger partial charge in [0.15, 0.2) is 0 Å². The number of amides is 1. The number of aliphatic hydroxyl groups excluding tert-OH is 2. The van der Waals surface area contributed by atoms with Gasteiger partial charge in [-0.25, -0.2) is 0 Å². The molecular weight excluding hydrogens is 1030 g/mol. The van der Waals surface area contributed by atoms with Crippen LogP contribution in [0.5, 0.6) is 0 Å². The Morgan fingerprint density at radius 1 is 0.333 bits per heavy atom. The van der Waals surface area contributed by atoms with Crippen LogP contribution >= 0.6 is 0 Å². The van der Waals surface area contributed by atoms with E-state index in [1.165, 1.54) is 334 Å². The topological polar surface area (TPSA) is 95.9 Å². The molecule has 0 aromatic heterocycles. The maximum atomic E-state index is 12.5. The van der Waals surface area contributed by atoms with Crippen LogP contribution in [0.4, 0.5) is 0 Å². The molecule has 1 amide bonds. The first-order valence-electron chi connectivity index (χ1n) is 37.9. The normalized spacial score (nSPS) is 12.8. The lowest BCUT2D eigenvalue weighted by molar-refractivity contribution is -0.143. The third-order valence-corrected chi connectivity index (χ3v) is 17.5. The smallest absolute Gasteiger partial charge is 0.305 e. The Labute approximate surface area is 525 Å². The lowest BCUT2D eigenvalue weighted by Gasteiger charge is -2.20. The summed E-state index contributed by atoms with van der Waals surface area (Å²) in [6.45, 7) is 4.86. The number of unbranched alkanes of at least 4 members (excludes halogenated alkanes) is 54. The van der Waals surface area contributed by atoms with Crippen LogP contribution in [0.15, 0.2) is 48.6 Å². The summed E-state index contributed by atoms with van der Waals surface area (Å²) in [6.07, 6.45) is 96.6. The van der Waals surface area contributed by atoms with E-state index in [1.54, 1.807) is 6.08 Å². The second kappa shape index (κ2) is 73.3. The van der Waals surface area contributed by atoms with Crippen LogP contribution in [0.1, 0.15) is 412 Å². The lowest BCUT2D eigenvalue weighted by atomic mass is 10.0. The van der Waals surface area contributed by atoms with E-state index < -0.39 is 12.1 Å². The van der Waals surface area contributed by atoms with E-state index >= 15 is 0 Å². The Morgan fingerprint density at radius 3 is 0.964 bits per heavy atom. The number of rotatable bonds is 71. The molecule has 3 N–H and O–H groups in total. The Kier molecular flexibility index (Phi) is 71.4. The number of nitrogens with one attached hydrogen (secondary N) is 1. The molecule has 84 heavy (non-hydrogen) atoms. The van der Waals surface area contributed by atoms with E-state index in [0.717, 1.165) is 51.4 Å². The van der Waals surface area contributed by atoms with Crippen LogP contribution in [0.2, 0.25) is 0 Å². The van der Waals surface area contributed by atoms with Gasteiger partial charge in [0.05, 0.1) is 25.4 Å². The molecule has 2 unspecified atom stereocenters. The molecule has 0 aliphatic rings. The minimum Gasteiger partial charge on any atom is -0.466 e. The van der Waals surface area contributed by atoms with E-state index in [2.05, 4.69) is 55.6 Å². The molecule has 0 radical (unpaired) electrons. The number of hydrogen-bond donors (Lipinski definition) is 3. The van der Waals surface area contributed by atoms with Crippen molar-refractivity contribution in [2.45, 2.75) is 424 Å². The predicted octanol–water partition coefficient (Wildman–Crippen LogP) is 24.8. The minimum atomic E-state index is -0.841.